The van der Waals surface area contributed by atoms with E-state index in [1.807, 2.05) is 0 Å². The highest BCUT2D eigenvalue weighted by Crippen LogP contribution is 2.48. The van der Waals surface area contributed by atoms with Gasteiger partial charge < -0.3 is 4.42 Å². The lowest BCUT2D eigenvalue weighted by atomic mass is 9.75. The van der Waals surface area contributed by atoms with Crippen molar-refractivity contribution in [3.63, 3.8) is 0 Å². The van der Waals surface area contributed by atoms with Crippen LogP contribution in [0.4, 0.5) is 0 Å². The number of aryl methyl sites for hydroxylation is 1. The third-order valence-electron chi connectivity index (χ3n) is 12.2. The Hall–Kier alpha value is -6.18. The van der Waals surface area contributed by atoms with Gasteiger partial charge in [0.2, 0.25) is 0 Å². The highest BCUT2D eigenvalue weighted by molar-refractivity contribution is 6.19. The molecule has 0 spiro atoms. The van der Waals surface area contributed by atoms with E-state index < -0.39 is 0 Å². The Balaban J connectivity index is 1.12. The summed E-state index contributed by atoms with van der Waals surface area (Å²) < 4.78 is 6.71. The molecule has 0 bridgehead atoms. The van der Waals surface area contributed by atoms with E-state index in [9.17, 15) is 0 Å². The van der Waals surface area contributed by atoms with E-state index in [4.69, 9.17) is 4.42 Å². The molecule has 11 rings (SSSR count). The lowest BCUT2D eigenvalue weighted by molar-refractivity contribution is 0.669. The number of hydrogen-bond acceptors (Lipinski definition) is 1. The number of furan rings is 1. The Labute approximate surface area is 316 Å². The minimum atomic E-state index is 0.375. The minimum absolute atomic E-state index is 0.375. The maximum Gasteiger partial charge on any atom is 0.143 e. The molecular weight excluding hydrogens is 653 g/mol. The van der Waals surface area contributed by atoms with Crippen LogP contribution in [0.2, 0.25) is 0 Å². The molecule has 1 aromatic heterocycles. The third kappa shape index (κ3) is 4.92. The minimum Gasteiger partial charge on any atom is -0.455 e. The molecule has 1 heterocycles. The fourth-order valence-corrected chi connectivity index (χ4v) is 9.86. The van der Waals surface area contributed by atoms with Crippen LogP contribution in [0.25, 0.3) is 83.5 Å². The standard InChI is InChI=1S/C53H40O/c1-33-28-38(41-26-13-16-34-14-2-4-19-40(34)41)31-39(29-33)51-46-24-8-6-22-44(46)50(45-23-7-9-25-47(45)51)36-17-12-18-37(30-36)52-42-20-5-3-15-35(42)32-48-43-21-10-11-27-49(43)54-53(48)52/h2,4-14,16-25,27-28,30-33,41H,3,15,26,29H2,1H3. The second-order valence-corrected chi connectivity index (χ2v) is 15.5. The molecule has 7 aromatic carbocycles. The van der Waals surface area contributed by atoms with Gasteiger partial charge in [-0.25, -0.2) is 0 Å². The maximum absolute atomic E-state index is 6.71. The molecular formula is C53H40O. The fraction of sp³-hybridized carbons (Fsp3) is 0.132. The quantitative estimate of drug-likeness (QED) is 0.167. The van der Waals surface area contributed by atoms with E-state index >= 15 is 0 Å². The van der Waals surface area contributed by atoms with E-state index in [0.717, 1.165) is 36.8 Å². The second kappa shape index (κ2) is 12.5. The van der Waals surface area contributed by atoms with Crippen molar-refractivity contribution in [2.45, 2.75) is 38.5 Å². The zero-order chi connectivity index (χ0) is 35.8. The normalized spacial score (nSPS) is 17.9. The van der Waals surface area contributed by atoms with Gasteiger partial charge in [-0.3, -0.25) is 0 Å². The van der Waals surface area contributed by atoms with Gasteiger partial charge in [0.05, 0.1) is 0 Å². The van der Waals surface area contributed by atoms with Crippen molar-refractivity contribution >= 4 is 61.2 Å². The molecule has 8 aromatic rings. The molecule has 2 atom stereocenters. The van der Waals surface area contributed by atoms with E-state index in [1.54, 1.807) is 0 Å². The number of allylic oxidation sites excluding steroid dienone is 6. The van der Waals surface area contributed by atoms with E-state index in [0.29, 0.717) is 11.8 Å². The Morgan fingerprint density at radius 3 is 2.07 bits per heavy atom. The number of benzene rings is 7. The van der Waals surface area contributed by atoms with Crippen molar-refractivity contribution in [3.8, 4) is 22.3 Å². The molecule has 3 aliphatic rings. The van der Waals surface area contributed by atoms with Crippen molar-refractivity contribution < 1.29 is 4.42 Å². The fourth-order valence-electron chi connectivity index (χ4n) is 9.86. The van der Waals surface area contributed by atoms with Gasteiger partial charge in [0.25, 0.3) is 0 Å². The Bertz CT molecular complexity index is 2900. The van der Waals surface area contributed by atoms with Crippen LogP contribution in [0.5, 0.6) is 0 Å². The Morgan fingerprint density at radius 2 is 1.28 bits per heavy atom. The lowest BCUT2D eigenvalue weighted by Gasteiger charge is -2.29. The molecule has 2 unspecified atom stereocenters. The van der Waals surface area contributed by atoms with Crippen LogP contribution in [0.3, 0.4) is 0 Å². The first-order chi connectivity index (χ1) is 26.7. The van der Waals surface area contributed by atoms with Gasteiger partial charge in [-0.15, -0.1) is 0 Å². The van der Waals surface area contributed by atoms with Crippen molar-refractivity contribution in [2.24, 2.45) is 5.92 Å². The summed E-state index contributed by atoms with van der Waals surface area (Å²) in [6.07, 6.45) is 18.5. The number of hydrogen-bond donors (Lipinski definition) is 0. The first-order valence-electron chi connectivity index (χ1n) is 19.6. The largest absolute Gasteiger partial charge is 0.455 e. The molecule has 0 saturated heterocycles. The molecule has 3 aliphatic carbocycles. The number of fused-ring (bicyclic) bond motifs is 7. The molecule has 0 N–H and O–H groups in total. The van der Waals surface area contributed by atoms with Gasteiger partial charge in [-0.1, -0.05) is 153 Å². The van der Waals surface area contributed by atoms with Crippen LogP contribution in [0, 0.1) is 5.92 Å². The van der Waals surface area contributed by atoms with Gasteiger partial charge in [0.1, 0.15) is 11.2 Å². The van der Waals surface area contributed by atoms with Gasteiger partial charge >= 0.3 is 0 Å². The highest BCUT2D eigenvalue weighted by Gasteiger charge is 2.26. The summed E-state index contributed by atoms with van der Waals surface area (Å²) >= 11 is 0. The SMILES string of the molecule is CC1C=C(C2CC=Cc3ccccc32)C=C(c2c3ccccc3c(-c3cccc(-c4c5c(cc6c4oc4ccccc46)CCC=C5)c3)c3ccccc23)C1. The summed E-state index contributed by atoms with van der Waals surface area (Å²) in [6.45, 7) is 2.39. The first kappa shape index (κ1) is 31.4. The van der Waals surface area contributed by atoms with Gasteiger partial charge in [-0.2, -0.15) is 0 Å². The van der Waals surface area contributed by atoms with Crippen LogP contribution in [-0.4, -0.2) is 0 Å². The number of para-hydroxylation sites is 1. The average Bonchev–Trinajstić information content (AvgIpc) is 3.59. The average molecular weight is 693 g/mol. The van der Waals surface area contributed by atoms with Gasteiger partial charge in [-0.05, 0) is 127 Å². The van der Waals surface area contributed by atoms with Crippen LogP contribution in [0.15, 0.2) is 162 Å². The predicted molar refractivity (Wildman–Crippen MR) is 230 cm³/mol. The van der Waals surface area contributed by atoms with E-state index in [1.165, 1.54) is 93.5 Å². The maximum atomic E-state index is 6.71. The van der Waals surface area contributed by atoms with Crippen LogP contribution in [-0.2, 0) is 6.42 Å². The van der Waals surface area contributed by atoms with Crippen molar-refractivity contribution in [1.82, 2.24) is 0 Å². The molecule has 0 saturated carbocycles. The molecule has 0 fully saturated rings. The third-order valence-corrected chi connectivity index (χ3v) is 12.2. The van der Waals surface area contributed by atoms with Crippen LogP contribution < -0.4 is 0 Å². The zero-order valence-corrected chi connectivity index (χ0v) is 30.5. The van der Waals surface area contributed by atoms with E-state index in [-0.39, 0.29) is 0 Å². The topological polar surface area (TPSA) is 13.1 Å². The summed E-state index contributed by atoms with van der Waals surface area (Å²) in [6, 6.07) is 47.2. The molecule has 258 valence electrons. The van der Waals surface area contributed by atoms with Crippen molar-refractivity contribution in [1.29, 1.82) is 0 Å². The smallest absolute Gasteiger partial charge is 0.143 e. The molecule has 1 nitrogen and oxygen atoms in total. The molecule has 54 heavy (non-hydrogen) atoms. The van der Waals surface area contributed by atoms with Crippen LogP contribution >= 0.6 is 0 Å². The summed E-state index contributed by atoms with van der Waals surface area (Å²) in [4.78, 5) is 0. The van der Waals surface area contributed by atoms with Crippen molar-refractivity contribution in [3.05, 3.63) is 185 Å². The van der Waals surface area contributed by atoms with Gasteiger partial charge in [0, 0.05) is 22.3 Å². The molecule has 0 aliphatic heterocycles. The zero-order valence-electron chi connectivity index (χ0n) is 30.5. The van der Waals surface area contributed by atoms with E-state index in [2.05, 4.69) is 171 Å². The number of rotatable bonds is 4. The molecule has 0 radical (unpaired) electrons. The predicted octanol–water partition coefficient (Wildman–Crippen LogP) is 14.7. The van der Waals surface area contributed by atoms with Gasteiger partial charge in [0.15, 0.2) is 0 Å². The summed E-state index contributed by atoms with van der Waals surface area (Å²) in [5.74, 6) is 0.827. The Kier molecular flexibility index (Phi) is 7.24. The van der Waals surface area contributed by atoms with Crippen LogP contribution in [0.1, 0.15) is 59.9 Å². The molecule has 1 heteroatoms. The summed E-state index contributed by atoms with van der Waals surface area (Å²) in [5.41, 5.74) is 16.6. The summed E-state index contributed by atoms with van der Waals surface area (Å²) in [5, 5.41) is 7.62. The second-order valence-electron chi connectivity index (χ2n) is 15.5. The summed E-state index contributed by atoms with van der Waals surface area (Å²) in [7, 11) is 0. The monoisotopic (exact) mass is 692 g/mol. The highest BCUT2D eigenvalue weighted by atomic mass is 16.3. The molecule has 0 amide bonds. The van der Waals surface area contributed by atoms with Crippen molar-refractivity contribution in [2.75, 3.05) is 0 Å². The first-order valence-corrected chi connectivity index (χ1v) is 19.6. The lowest BCUT2D eigenvalue weighted by Crippen LogP contribution is -2.11. The Morgan fingerprint density at radius 1 is 0.593 bits per heavy atom.